The topological polar surface area (TPSA) is 69.7 Å². The number of halogens is 1. The SMILES string of the molecule is CCCCC1CCC(C(=O)NCCS(=O)(=O)N2CCN(c3cccc(Cl)c3)CC2)CC1. The van der Waals surface area contributed by atoms with Gasteiger partial charge in [0, 0.05) is 49.4 Å². The Hall–Kier alpha value is -1.31. The summed E-state index contributed by atoms with van der Waals surface area (Å²) in [4.78, 5) is 14.6. The number of benzene rings is 1. The van der Waals surface area contributed by atoms with E-state index in [1.807, 2.05) is 24.3 Å². The van der Waals surface area contributed by atoms with Crippen LogP contribution >= 0.6 is 11.6 Å². The molecule has 1 N–H and O–H groups in total. The standard InChI is InChI=1S/C23H36ClN3O3S/c1-2-3-5-19-8-10-20(11-9-19)23(28)25-12-17-31(29,30)27-15-13-26(14-16-27)22-7-4-6-21(24)18-22/h4,6-7,18-20H,2-3,5,8-17H2,1H3,(H,25,28). The highest BCUT2D eigenvalue weighted by Crippen LogP contribution is 2.32. The molecule has 3 rings (SSSR count). The van der Waals surface area contributed by atoms with Gasteiger partial charge in [-0.25, -0.2) is 8.42 Å². The molecule has 8 heteroatoms. The lowest BCUT2D eigenvalue weighted by atomic mass is 9.79. The van der Waals surface area contributed by atoms with Crippen molar-refractivity contribution in [3.63, 3.8) is 0 Å². The van der Waals surface area contributed by atoms with Gasteiger partial charge in [-0.1, -0.05) is 43.9 Å². The largest absolute Gasteiger partial charge is 0.369 e. The Balaban J connectivity index is 1.38. The summed E-state index contributed by atoms with van der Waals surface area (Å²) in [5.41, 5.74) is 1.02. The summed E-state index contributed by atoms with van der Waals surface area (Å²) < 4.78 is 27.0. The highest BCUT2D eigenvalue weighted by Gasteiger charge is 2.29. The van der Waals surface area contributed by atoms with Gasteiger partial charge in [0.2, 0.25) is 15.9 Å². The van der Waals surface area contributed by atoms with Crippen LogP contribution in [0.5, 0.6) is 0 Å². The van der Waals surface area contributed by atoms with E-state index in [1.54, 1.807) is 4.31 Å². The number of piperazine rings is 1. The predicted octanol–water partition coefficient (Wildman–Crippen LogP) is 3.90. The molecule has 1 saturated heterocycles. The maximum absolute atomic E-state index is 12.7. The van der Waals surface area contributed by atoms with Gasteiger partial charge < -0.3 is 10.2 Å². The van der Waals surface area contributed by atoms with Gasteiger partial charge in [-0.15, -0.1) is 0 Å². The molecule has 1 amide bonds. The highest BCUT2D eigenvalue weighted by atomic mass is 35.5. The van der Waals surface area contributed by atoms with Crippen molar-refractivity contribution < 1.29 is 13.2 Å². The van der Waals surface area contributed by atoms with Crippen LogP contribution < -0.4 is 10.2 Å². The average Bonchev–Trinajstić information content (AvgIpc) is 2.78. The molecule has 1 aliphatic heterocycles. The molecule has 1 aliphatic carbocycles. The summed E-state index contributed by atoms with van der Waals surface area (Å²) >= 11 is 6.06. The van der Waals surface area contributed by atoms with Crippen molar-refractivity contribution in [1.29, 1.82) is 0 Å². The van der Waals surface area contributed by atoms with E-state index in [4.69, 9.17) is 11.6 Å². The zero-order valence-electron chi connectivity index (χ0n) is 18.6. The number of amides is 1. The van der Waals surface area contributed by atoms with Crippen LogP contribution in [0.4, 0.5) is 5.69 Å². The summed E-state index contributed by atoms with van der Waals surface area (Å²) in [7, 11) is -3.38. The minimum atomic E-state index is -3.38. The van der Waals surface area contributed by atoms with Crippen molar-refractivity contribution in [2.24, 2.45) is 11.8 Å². The van der Waals surface area contributed by atoms with E-state index in [0.717, 1.165) is 37.3 Å². The minimum Gasteiger partial charge on any atom is -0.369 e. The molecule has 0 aromatic heterocycles. The van der Waals surface area contributed by atoms with Crippen LogP contribution in [0.25, 0.3) is 0 Å². The minimum absolute atomic E-state index is 0.0231. The number of hydrogen-bond donors (Lipinski definition) is 1. The molecule has 0 bridgehead atoms. The van der Waals surface area contributed by atoms with E-state index in [2.05, 4.69) is 17.1 Å². The van der Waals surface area contributed by atoms with Crippen molar-refractivity contribution in [2.75, 3.05) is 43.4 Å². The second-order valence-corrected chi connectivity index (χ2v) is 11.4. The van der Waals surface area contributed by atoms with Crippen molar-refractivity contribution in [3.8, 4) is 0 Å². The second-order valence-electron chi connectivity index (χ2n) is 8.83. The molecule has 0 spiro atoms. The van der Waals surface area contributed by atoms with Gasteiger partial charge in [-0.05, 0) is 49.8 Å². The van der Waals surface area contributed by atoms with Crippen molar-refractivity contribution in [1.82, 2.24) is 9.62 Å². The van der Waals surface area contributed by atoms with E-state index in [9.17, 15) is 13.2 Å². The maximum atomic E-state index is 12.7. The Labute approximate surface area is 192 Å². The predicted molar refractivity (Wildman–Crippen MR) is 127 cm³/mol. The Morgan fingerprint density at radius 2 is 1.84 bits per heavy atom. The number of rotatable bonds is 9. The quantitative estimate of drug-likeness (QED) is 0.595. The lowest BCUT2D eigenvalue weighted by molar-refractivity contribution is -0.126. The number of unbranched alkanes of at least 4 members (excludes halogenated alkanes) is 1. The lowest BCUT2D eigenvalue weighted by Gasteiger charge is -2.35. The Morgan fingerprint density at radius 3 is 2.48 bits per heavy atom. The molecule has 6 nitrogen and oxygen atoms in total. The fraction of sp³-hybridized carbons (Fsp3) is 0.696. The van der Waals surface area contributed by atoms with E-state index >= 15 is 0 Å². The van der Waals surface area contributed by atoms with E-state index < -0.39 is 10.0 Å². The molecule has 174 valence electrons. The maximum Gasteiger partial charge on any atom is 0.223 e. The van der Waals surface area contributed by atoms with Gasteiger partial charge in [-0.2, -0.15) is 4.31 Å². The third kappa shape index (κ3) is 7.09. The molecule has 2 fully saturated rings. The molecule has 0 radical (unpaired) electrons. The van der Waals surface area contributed by atoms with Crippen LogP contribution in [0, 0.1) is 11.8 Å². The van der Waals surface area contributed by atoms with Crippen molar-refractivity contribution in [2.45, 2.75) is 51.9 Å². The number of anilines is 1. The van der Waals surface area contributed by atoms with Gasteiger partial charge in [-0.3, -0.25) is 4.79 Å². The first-order chi connectivity index (χ1) is 14.9. The smallest absolute Gasteiger partial charge is 0.223 e. The van der Waals surface area contributed by atoms with Gasteiger partial charge in [0.1, 0.15) is 0 Å². The molecule has 2 aliphatic rings. The molecule has 1 saturated carbocycles. The van der Waals surface area contributed by atoms with Gasteiger partial charge in [0.15, 0.2) is 0 Å². The zero-order chi connectivity index (χ0) is 22.3. The first-order valence-corrected chi connectivity index (χ1v) is 13.6. The molecular weight excluding hydrogens is 434 g/mol. The van der Waals surface area contributed by atoms with Gasteiger partial charge >= 0.3 is 0 Å². The monoisotopic (exact) mass is 469 g/mol. The van der Waals surface area contributed by atoms with E-state index in [0.29, 0.717) is 31.2 Å². The van der Waals surface area contributed by atoms with Crippen molar-refractivity contribution >= 4 is 33.2 Å². The van der Waals surface area contributed by atoms with Gasteiger partial charge in [0.25, 0.3) is 0 Å². The molecule has 1 aromatic carbocycles. The molecule has 31 heavy (non-hydrogen) atoms. The van der Waals surface area contributed by atoms with Crippen molar-refractivity contribution in [3.05, 3.63) is 29.3 Å². The zero-order valence-corrected chi connectivity index (χ0v) is 20.1. The second kappa shape index (κ2) is 11.5. The van der Waals surface area contributed by atoms with E-state index in [1.165, 1.54) is 19.3 Å². The number of nitrogens with zero attached hydrogens (tertiary/aromatic N) is 2. The number of sulfonamides is 1. The number of carbonyl (C=O) groups excluding carboxylic acids is 1. The Kier molecular flexibility index (Phi) is 9.05. The van der Waals surface area contributed by atoms with Crippen LogP contribution in [0.2, 0.25) is 5.02 Å². The average molecular weight is 470 g/mol. The summed E-state index contributed by atoms with van der Waals surface area (Å²) in [6, 6.07) is 7.63. The van der Waals surface area contributed by atoms with E-state index in [-0.39, 0.29) is 24.1 Å². The van der Waals surface area contributed by atoms with Crippen LogP contribution in [0.3, 0.4) is 0 Å². The summed E-state index contributed by atoms with van der Waals surface area (Å²) in [5.74, 6) is 0.786. The van der Waals surface area contributed by atoms with Crippen LogP contribution in [0.1, 0.15) is 51.9 Å². The van der Waals surface area contributed by atoms with Crippen LogP contribution in [-0.4, -0.2) is 57.1 Å². The fourth-order valence-corrected chi connectivity index (χ4v) is 6.20. The molecule has 0 unspecified atom stereocenters. The first-order valence-electron chi connectivity index (χ1n) is 11.6. The molecule has 0 atom stereocenters. The fourth-order valence-electron chi connectivity index (χ4n) is 4.68. The summed E-state index contributed by atoms with van der Waals surface area (Å²) in [5, 5.41) is 3.56. The third-order valence-electron chi connectivity index (χ3n) is 6.65. The molecule has 1 aromatic rings. The Morgan fingerprint density at radius 1 is 1.13 bits per heavy atom. The summed E-state index contributed by atoms with van der Waals surface area (Å²) in [6.45, 7) is 4.56. The third-order valence-corrected chi connectivity index (χ3v) is 8.76. The van der Waals surface area contributed by atoms with Crippen LogP contribution in [-0.2, 0) is 14.8 Å². The molecular formula is C23H36ClN3O3S. The first kappa shape index (κ1) is 24.3. The number of carbonyl (C=O) groups is 1. The Bertz CT molecular complexity index is 817. The van der Waals surface area contributed by atoms with Gasteiger partial charge in [0.05, 0.1) is 5.75 Å². The molecule has 1 heterocycles. The highest BCUT2D eigenvalue weighted by molar-refractivity contribution is 7.89. The number of hydrogen-bond acceptors (Lipinski definition) is 4. The summed E-state index contributed by atoms with van der Waals surface area (Å²) in [6.07, 6.45) is 7.86. The normalized spacial score (nSPS) is 23.0. The van der Waals surface area contributed by atoms with Crippen LogP contribution in [0.15, 0.2) is 24.3 Å². The number of nitrogens with one attached hydrogen (secondary N) is 1. The lowest BCUT2D eigenvalue weighted by Crippen LogP contribution is -2.50.